The molecule has 6 nitrogen and oxygen atoms in total. The molecule has 2 heterocycles. The van der Waals surface area contributed by atoms with Crippen LogP contribution in [0.5, 0.6) is 0 Å². The van der Waals surface area contributed by atoms with Crippen molar-refractivity contribution >= 4 is 11.8 Å². The molecule has 1 atom stereocenters. The summed E-state index contributed by atoms with van der Waals surface area (Å²) >= 11 is 0. The molecule has 0 fully saturated rings. The van der Waals surface area contributed by atoms with Crippen molar-refractivity contribution in [1.29, 1.82) is 0 Å². The van der Waals surface area contributed by atoms with Crippen LogP contribution in [-0.2, 0) is 6.54 Å². The van der Waals surface area contributed by atoms with E-state index in [9.17, 15) is 5.11 Å². The molecule has 26 heavy (non-hydrogen) atoms. The van der Waals surface area contributed by atoms with Crippen LogP contribution in [0.15, 0.2) is 54.9 Å². The average Bonchev–Trinajstić information content (AvgIpc) is 2.68. The fourth-order valence-electron chi connectivity index (χ4n) is 2.44. The quantitative estimate of drug-likeness (QED) is 0.607. The minimum absolute atomic E-state index is 0.00890. The lowest BCUT2D eigenvalue weighted by Gasteiger charge is -2.14. The number of rotatable bonds is 7. The molecule has 3 aromatic rings. The third kappa shape index (κ3) is 4.77. The third-order valence-electron chi connectivity index (χ3n) is 3.95. The number of aryl methyl sites for hydroxylation is 1. The minimum atomic E-state index is -0.132. The maximum absolute atomic E-state index is 9.28. The Morgan fingerprint density at radius 1 is 1.04 bits per heavy atom. The molecule has 0 spiro atoms. The van der Waals surface area contributed by atoms with Crippen molar-refractivity contribution in [2.45, 2.75) is 26.4 Å². The van der Waals surface area contributed by atoms with Crippen molar-refractivity contribution in [3.8, 4) is 11.3 Å². The molecule has 0 aliphatic heterocycles. The Labute approximate surface area is 153 Å². The molecule has 2 aromatic heterocycles. The number of hydrogen-bond donors (Lipinski definition) is 3. The van der Waals surface area contributed by atoms with Gasteiger partial charge >= 0.3 is 0 Å². The van der Waals surface area contributed by atoms with Gasteiger partial charge < -0.3 is 15.7 Å². The number of aliphatic hydroxyl groups excluding tert-OH is 1. The van der Waals surface area contributed by atoms with E-state index in [-0.39, 0.29) is 12.6 Å². The smallest absolute Gasteiger partial charge is 0.225 e. The zero-order chi connectivity index (χ0) is 18.4. The molecule has 3 N–H and O–H groups in total. The summed E-state index contributed by atoms with van der Waals surface area (Å²) in [5.41, 5.74) is 4.17. The molecule has 1 aromatic carbocycles. The Hall–Kier alpha value is -2.99. The highest BCUT2D eigenvalue weighted by atomic mass is 16.3. The Morgan fingerprint density at radius 2 is 1.77 bits per heavy atom. The second-order valence-electron chi connectivity index (χ2n) is 6.27. The fraction of sp³-hybridized carbons (Fsp3) is 0.250. The summed E-state index contributed by atoms with van der Waals surface area (Å²) in [4.78, 5) is 13.1. The number of nitrogens with zero attached hydrogens (tertiary/aromatic N) is 3. The van der Waals surface area contributed by atoms with Crippen LogP contribution < -0.4 is 10.6 Å². The molecule has 0 aliphatic rings. The van der Waals surface area contributed by atoms with Gasteiger partial charge in [0.2, 0.25) is 5.95 Å². The summed E-state index contributed by atoms with van der Waals surface area (Å²) in [6.07, 6.45) is 3.47. The maximum Gasteiger partial charge on any atom is 0.225 e. The van der Waals surface area contributed by atoms with E-state index in [1.807, 2.05) is 25.1 Å². The first-order valence-electron chi connectivity index (χ1n) is 8.60. The van der Waals surface area contributed by atoms with Crippen molar-refractivity contribution in [1.82, 2.24) is 15.0 Å². The van der Waals surface area contributed by atoms with Crippen LogP contribution in [-0.4, -0.2) is 32.7 Å². The first-order valence-corrected chi connectivity index (χ1v) is 8.60. The zero-order valence-corrected chi connectivity index (χ0v) is 15.0. The van der Waals surface area contributed by atoms with E-state index in [1.54, 1.807) is 12.4 Å². The lowest BCUT2D eigenvalue weighted by Crippen LogP contribution is -2.21. The van der Waals surface area contributed by atoms with Crippen LogP contribution in [0.3, 0.4) is 0 Å². The van der Waals surface area contributed by atoms with E-state index in [0.717, 1.165) is 17.1 Å². The van der Waals surface area contributed by atoms with Gasteiger partial charge in [0.05, 0.1) is 12.3 Å². The van der Waals surface area contributed by atoms with E-state index in [2.05, 4.69) is 56.8 Å². The number of aromatic nitrogens is 3. The van der Waals surface area contributed by atoms with Gasteiger partial charge in [-0.1, -0.05) is 29.8 Å². The van der Waals surface area contributed by atoms with Crippen molar-refractivity contribution in [2.24, 2.45) is 0 Å². The molecule has 0 saturated carbocycles. The predicted octanol–water partition coefficient (Wildman–Crippen LogP) is 3.25. The lowest BCUT2D eigenvalue weighted by atomic mass is 10.1. The second kappa shape index (κ2) is 8.40. The molecule has 3 rings (SSSR count). The van der Waals surface area contributed by atoms with Crippen molar-refractivity contribution < 1.29 is 5.11 Å². The van der Waals surface area contributed by atoms with Gasteiger partial charge in [-0.05, 0) is 31.5 Å². The van der Waals surface area contributed by atoms with Gasteiger partial charge in [-0.3, -0.25) is 4.98 Å². The van der Waals surface area contributed by atoms with Gasteiger partial charge in [-0.2, -0.15) is 4.98 Å². The molecule has 0 amide bonds. The summed E-state index contributed by atoms with van der Waals surface area (Å²) in [6.45, 7) is 4.63. The summed E-state index contributed by atoms with van der Waals surface area (Å²) < 4.78 is 0. The predicted molar refractivity (Wildman–Crippen MR) is 104 cm³/mol. The van der Waals surface area contributed by atoms with E-state index in [0.29, 0.717) is 12.5 Å². The fourth-order valence-corrected chi connectivity index (χ4v) is 2.44. The van der Waals surface area contributed by atoms with Crippen molar-refractivity contribution in [3.63, 3.8) is 0 Å². The number of pyridine rings is 1. The Kier molecular flexibility index (Phi) is 5.76. The molecule has 0 radical (unpaired) electrons. The van der Waals surface area contributed by atoms with E-state index in [1.165, 1.54) is 11.1 Å². The summed E-state index contributed by atoms with van der Waals surface area (Å²) in [6, 6.07) is 14.0. The number of benzene rings is 1. The number of nitrogens with one attached hydrogen (secondary N) is 2. The highest BCUT2D eigenvalue weighted by Crippen LogP contribution is 2.21. The van der Waals surface area contributed by atoms with Gasteiger partial charge in [0.15, 0.2) is 0 Å². The second-order valence-corrected chi connectivity index (χ2v) is 6.27. The molecule has 134 valence electrons. The van der Waals surface area contributed by atoms with Crippen LogP contribution in [0.25, 0.3) is 11.3 Å². The molecule has 0 unspecified atom stereocenters. The molecular formula is C20H23N5O. The highest BCUT2D eigenvalue weighted by molar-refractivity contribution is 5.64. The van der Waals surface area contributed by atoms with Crippen LogP contribution in [0.1, 0.15) is 18.1 Å². The standard InChI is InChI=1S/C20H23N5O/c1-14-3-5-16(6-4-14)12-22-19-11-18(17-7-9-21-10-8-17)24-20(25-19)23-15(2)13-26/h3-11,15,26H,12-13H2,1-2H3,(H2,22,23,24,25)/t15-/m1/s1. The first-order chi connectivity index (χ1) is 12.6. The number of anilines is 2. The van der Waals surface area contributed by atoms with Crippen molar-refractivity contribution in [2.75, 3.05) is 17.2 Å². The van der Waals surface area contributed by atoms with Crippen LogP contribution in [0.2, 0.25) is 0 Å². The third-order valence-corrected chi connectivity index (χ3v) is 3.95. The van der Waals surface area contributed by atoms with Crippen LogP contribution in [0, 0.1) is 6.92 Å². The van der Waals surface area contributed by atoms with Gasteiger partial charge in [-0.25, -0.2) is 4.98 Å². The molecular weight excluding hydrogens is 326 g/mol. The number of aliphatic hydroxyl groups is 1. The minimum Gasteiger partial charge on any atom is -0.394 e. The van der Waals surface area contributed by atoms with Gasteiger partial charge in [0.25, 0.3) is 0 Å². The molecule has 0 aliphatic carbocycles. The Bertz CT molecular complexity index is 837. The van der Waals surface area contributed by atoms with Crippen LogP contribution in [0.4, 0.5) is 11.8 Å². The van der Waals surface area contributed by atoms with Gasteiger partial charge in [0.1, 0.15) is 5.82 Å². The molecule has 0 bridgehead atoms. The molecule has 6 heteroatoms. The SMILES string of the molecule is Cc1ccc(CNc2cc(-c3ccncc3)nc(N[C@H](C)CO)n2)cc1. The summed E-state index contributed by atoms with van der Waals surface area (Å²) in [5.74, 6) is 1.20. The maximum atomic E-state index is 9.28. The normalized spacial score (nSPS) is 11.8. The summed E-state index contributed by atoms with van der Waals surface area (Å²) in [7, 11) is 0. The Balaban J connectivity index is 1.85. The van der Waals surface area contributed by atoms with E-state index in [4.69, 9.17) is 0 Å². The van der Waals surface area contributed by atoms with Crippen LogP contribution >= 0.6 is 0 Å². The average molecular weight is 349 g/mol. The molecule has 0 saturated heterocycles. The van der Waals surface area contributed by atoms with Gasteiger partial charge in [-0.15, -0.1) is 0 Å². The number of hydrogen-bond acceptors (Lipinski definition) is 6. The highest BCUT2D eigenvalue weighted by Gasteiger charge is 2.09. The Morgan fingerprint density at radius 3 is 2.46 bits per heavy atom. The van der Waals surface area contributed by atoms with Crippen molar-refractivity contribution in [3.05, 3.63) is 66.0 Å². The zero-order valence-electron chi connectivity index (χ0n) is 15.0. The first kappa shape index (κ1) is 17.8. The van der Waals surface area contributed by atoms with Gasteiger partial charge in [0, 0.05) is 36.6 Å². The largest absolute Gasteiger partial charge is 0.394 e. The van der Waals surface area contributed by atoms with E-state index >= 15 is 0 Å². The topological polar surface area (TPSA) is 83.0 Å². The van der Waals surface area contributed by atoms with E-state index < -0.39 is 0 Å². The summed E-state index contributed by atoms with van der Waals surface area (Å²) in [5, 5.41) is 15.8. The lowest BCUT2D eigenvalue weighted by molar-refractivity contribution is 0.281. The monoisotopic (exact) mass is 349 g/mol.